The topological polar surface area (TPSA) is 390 Å². The standard InChI is InChI=1S/2C20H17N4.4C10H8N2.2ClHO4.2Ru/c2*1-16-12-14-17(15-13-16)20(23-21-18-8-4-2-5-9-18)24-22-19-10-6-3-7-11-19;4*1-3-7-11-9(5-1)10-6-2-4-8-12-10;2*2-1(3,4)5;;/h2*2-15H,1H3;4*1-8H;2*(H,2,3,4,5);;/q2*-1;;;;;;;2*+2/p-2/b2*23-20-,24-22?;;;;;;;;. The molecule has 544 valence electrons. The Kier molecular flexibility index (Phi) is 40.0. The number of halogens is 2. The van der Waals surface area contributed by atoms with Crippen molar-refractivity contribution in [1.29, 1.82) is 0 Å². The van der Waals surface area contributed by atoms with Gasteiger partial charge < -0.3 is 21.1 Å². The van der Waals surface area contributed by atoms with Crippen molar-refractivity contribution in [2.45, 2.75) is 13.8 Å². The van der Waals surface area contributed by atoms with Gasteiger partial charge in [-0.15, -0.1) is 52.3 Å². The maximum atomic E-state index is 8.49. The Morgan fingerprint density at radius 2 is 0.435 bits per heavy atom. The molecule has 14 aromatic rings. The van der Waals surface area contributed by atoms with Crippen LogP contribution in [0, 0.1) is 34.3 Å². The fraction of sp³-hybridized carbons (Fsp3) is 0.0250. The number of pyridine rings is 8. The molecule has 0 aliphatic rings. The van der Waals surface area contributed by atoms with E-state index in [1.807, 2.05) is 329 Å². The molecule has 0 spiro atoms. The monoisotopic (exact) mass is 1650 g/mol. The molecule has 0 atom stereocenters. The molecule has 8 heterocycles. The van der Waals surface area contributed by atoms with Crippen LogP contribution < -0.4 is 37.3 Å². The number of benzene rings is 6. The molecule has 0 fully saturated rings. The summed E-state index contributed by atoms with van der Waals surface area (Å²) in [5.74, 6) is 0.949. The van der Waals surface area contributed by atoms with Crippen LogP contribution in [0.25, 0.3) is 56.4 Å². The van der Waals surface area contributed by atoms with Gasteiger partial charge in [-0.1, -0.05) is 205 Å². The van der Waals surface area contributed by atoms with Crippen LogP contribution in [-0.4, -0.2) is 51.5 Å². The van der Waals surface area contributed by atoms with Crippen molar-refractivity contribution in [3.63, 3.8) is 0 Å². The number of aromatic nitrogens is 8. The molecule has 0 saturated heterocycles. The second kappa shape index (κ2) is 49.8. The first kappa shape index (κ1) is 86.8. The molecular weight excluding hydrogens is 1590 g/mol. The molecule has 24 nitrogen and oxygen atoms in total. The van der Waals surface area contributed by atoms with Gasteiger partial charge in [0.25, 0.3) is 0 Å². The Bertz CT molecular complexity index is 4160. The fourth-order valence-electron chi connectivity index (χ4n) is 8.19. The van der Waals surface area contributed by atoms with Gasteiger partial charge in [-0.2, -0.15) is 0 Å². The second-order valence-electron chi connectivity index (χ2n) is 21.0. The molecule has 0 aliphatic carbocycles. The van der Waals surface area contributed by atoms with E-state index in [0.29, 0.717) is 11.7 Å². The van der Waals surface area contributed by atoms with E-state index in [1.165, 1.54) is 11.1 Å². The van der Waals surface area contributed by atoms with Gasteiger partial charge in [0.05, 0.1) is 56.9 Å². The number of nitrogens with zero attached hydrogens (tertiary/aromatic N) is 16. The average Bonchev–Trinajstić information content (AvgIpc) is 0.906. The molecule has 14 rings (SSSR count). The Hall–Kier alpha value is -11.8. The quantitative estimate of drug-likeness (QED) is 0.0360. The molecule has 0 aliphatic heterocycles. The fourth-order valence-corrected chi connectivity index (χ4v) is 8.19. The summed E-state index contributed by atoms with van der Waals surface area (Å²) in [6, 6.07) is 101. The van der Waals surface area contributed by atoms with Gasteiger partial charge in [0, 0.05) is 60.7 Å². The van der Waals surface area contributed by atoms with Gasteiger partial charge in [0.2, 0.25) is 0 Å². The van der Waals surface area contributed by atoms with Crippen molar-refractivity contribution < 1.29 is 96.7 Å². The van der Waals surface area contributed by atoms with Gasteiger partial charge >= 0.3 is 39.0 Å². The summed E-state index contributed by atoms with van der Waals surface area (Å²) in [6.45, 7) is 4.08. The summed E-state index contributed by atoms with van der Waals surface area (Å²) in [7, 11) is -9.89. The normalized spacial score (nSPS) is 10.6. The molecule has 0 radical (unpaired) electrons. The van der Waals surface area contributed by atoms with Crippen molar-refractivity contribution in [2.24, 2.45) is 30.7 Å². The van der Waals surface area contributed by atoms with Gasteiger partial charge in [-0.3, -0.25) is 39.9 Å². The van der Waals surface area contributed by atoms with E-state index < -0.39 is 20.5 Å². The predicted octanol–water partition coefficient (Wildman–Crippen LogP) is 11.3. The maximum Gasteiger partial charge on any atom is 2.00 e. The van der Waals surface area contributed by atoms with E-state index in [0.717, 1.165) is 79.4 Å². The Morgan fingerprint density at radius 1 is 0.250 bits per heavy atom. The second-order valence-corrected chi connectivity index (χ2v) is 22.5. The molecule has 0 bridgehead atoms. The molecule has 28 heteroatoms. The molecular formula is C80H66Cl2N16O8Ru2. The average molecular weight is 1650 g/mol. The Balaban J connectivity index is 0.000000231. The summed E-state index contributed by atoms with van der Waals surface area (Å²) < 4.78 is 67.9. The van der Waals surface area contributed by atoms with Crippen molar-refractivity contribution >= 4 is 34.4 Å². The molecule has 0 saturated carbocycles. The molecule has 8 aromatic heterocycles. The third-order valence-electron chi connectivity index (χ3n) is 13.1. The molecule has 6 aromatic carbocycles. The van der Waals surface area contributed by atoms with Crippen LogP contribution in [0.4, 0.5) is 22.7 Å². The van der Waals surface area contributed by atoms with Crippen LogP contribution in [0.2, 0.25) is 0 Å². The van der Waals surface area contributed by atoms with Crippen LogP contribution in [-0.2, 0) is 39.0 Å². The summed E-state index contributed by atoms with van der Waals surface area (Å²) in [5, 5.41) is 25.7. The molecule has 0 amide bonds. The van der Waals surface area contributed by atoms with E-state index >= 15 is 0 Å². The number of rotatable bonds is 12. The summed E-state index contributed by atoms with van der Waals surface area (Å²) in [4.78, 5) is 33.5. The first-order valence-corrected chi connectivity index (χ1v) is 34.2. The summed E-state index contributed by atoms with van der Waals surface area (Å²) in [6.07, 6.45) is 14.1. The van der Waals surface area contributed by atoms with Crippen molar-refractivity contribution in [3.05, 3.63) is 398 Å². The predicted molar refractivity (Wildman–Crippen MR) is 386 cm³/mol. The van der Waals surface area contributed by atoms with Crippen LogP contribution in [0.3, 0.4) is 0 Å². The SMILES string of the molecule is Cc1ccc(/C(N=Nc2ccccc2)=N/[N-]c2ccccc2)cc1.Cc1ccc(/C(N=Nc2ccccc2)=N/[N-]c2ccccc2)cc1.[O-][Cl+3]([O-])([O-])[O-].[O-][Cl+3]([O-])([O-])[O-].[Ru+2].[Ru+2].c1ccc(-c2ccccn2)nc1.c1ccc(-c2ccccn2)nc1.c1ccc(-c2ccccn2)nc1.c1ccc(-c2ccccn2)nc1. The zero-order valence-corrected chi connectivity index (χ0v) is 62.5. The van der Waals surface area contributed by atoms with Gasteiger partial charge in [0.1, 0.15) is 0 Å². The number of amidine groups is 2. The van der Waals surface area contributed by atoms with Crippen molar-refractivity contribution in [1.82, 2.24) is 39.9 Å². The van der Waals surface area contributed by atoms with Gasteiger partial charge in [0.15, 0.2) is 11.7 Å². The minimum atomic E-state index is -4.94. The molecule has 0 N–H and O–H groups in total. The number of aryl methyl sites for hydroxylation is 2. The van der Waals surface area contributed by atoms with Crippen LogP contribution in [0.5, 0.6) is 0 Å². The smallest absolute Gasteiger partial charge is 0.574 e. The number of azo groups is 2. The maximum absolute atomic E-state index is 8.49. The zero-order valence-electron chi connectivity index (χ0n) is 57.5. The van der Waals surface area contributed by atoms with E-state index in [1.54, 1.807) is 49.6 Å². The minimum absolute atomic E-state index is 0. The third-order valence-corrected chi connectivity index (χ3v) is 13.1. The van der Waals surface area contributed by atoms with Crippen molar-refractivity contribution in [3.8, 4) is 45.6 Å². The number of hydrogen-bond acceptors (Lipinski definition) is 20. The zero-order chi connectivity index (χ0) is 75.1. The summed E-state index contributed by atoms with van der Waals surface area (Å²) in [5.41, 5.74) is 23.0. The van der Waals surface area contributed by atoms with Crippen LogP contribution in [0.15, 0.2) is 396 Å². The summed E-state index contributed by atoms with van der Waals surface area (Å²) >= 11 is 0. The molecule has 108 heavy (non-hydrogen) atoms. The third kappa shape index (κ3) is 37.2. The Labute approximate surface area is 654 Å². The Morgan fingerprint density at radius 3 is 0.620 bits per heavy atom. The largest absolute Gasteiger partial charge is 2.00 e. The minimum Gasteiger partial charge on any atom is -0.574 e. The van der Waals surface area contributed by atoms with E-state index in [4.69, 9.17) is 37.3 Å². The van der Waals surface area contributed by atoms with Crippen LogP contribution in [0.1, 0.15) is 22.3 Å². The van der Waals surface area contributed by atoms with Gasteiger partial charge in [-0.05, 0) is 135 Å². The first-order valence-electron chi connectivity index (χ1n) is 31.8. The van der Waals surface area contributed by atoms with Crippen molar-refractivity contribution in [2.75, 3.05) is 0 Å². The van der Waals surface area contributed by atoms with Crippen LogP contribution >= 0.6 is 0 Å². The van der Waals surface area contributed by atoms with E-state index in [-0.39, 0.29) is 39.0 Å². The number of hydrogen-bond donors (Lipinski definition) is 0. The van der Waals surface area contributed by atoms with E-state index in [2.05, 4.69) is 81.4 Å². The molecule has 0 unspecified atom stereocenters. The van der Waals surface area contributed by atoms with E-state index in [9.17, 15) is 0 Å². The first-order chi connectivity index (χ1) is 51.5. The van der Waals surface area contributed by atoms with Gasteiger partial charge in [-0.25, -0.2) is 37.3 Å².